The second-order valence-electron chi connectivity index (χ2n) is 9.17. The third-order valence-electron chi connectivity index (χ3n) is 6.85. The van der Waals surface area contributed by atoms with E-state index in [1.165, 1.54) is 12.1 Å². The van der Waals surface area contributed by atoms with Crippen LogP contribution in [0.15, 0.2) is 30.3 Å². The number of nitrogens with zero attached hydrogens (tertiary/aromatic N) is 4. The lowest BCUT2D eigenvalue weighted by Crippen LogP contribution is -2.46. The van der Waals surface area contributed by atoms with Gasteiger partial charge in [0.15, 0.2) is 0 Å². The van der Waals surface area contributed by atoms with Crippen molar-refractivity contribution in [1.82, 2.24) is 24.8 Å². The van der Waals surface area contributed by atoms with Crippen LogP contribution in [0.25, 0.3) is 22.3 Å². The van der Waals surface area contributed by atoms with Crippen LogP contribution in [0.4, 0.5) is 10.2 Å². The Morgan fingerprint density at radius 2 is 2.12 bits per heavy atom. The molecule has 9 heteroatoms. The first-order valence-corrected chi connectivity index (χ1v) is 11.6. The number of imidazole rings is 1. The molecule has 2 N–H and O–H groups in total. The molecule has 3 atom stereocenters. The molecular formula is C24H27FN6O2. The standard InChI is InChI=1S/C24H27FN6O2/c1-14-27-20-9-15(25)8-18-19-4-2-5-22(29-19)28-16-10-21(26-11-16)24(32)30-6-3-7-33-17(12-30)13-31(14)23(18)20/h2,4-5,8-9,16-17,21,26H,3,6-7,10-13H2,1H3,(H,28,29)/t16?,17-,21-/m0/s1. The third-order valence-corrected chi connectivity index (χ3v) is 6.85. The topological polar surface area (TPSA) is 84.3 Å². The van der Waals surface area contributed by atoms with Gasteiger partial charge in [0.05, 0.1) is 35.4 Å². The molecule has 172 valence electrons. The molecule has 3 aliphatic rings. The predicted molar refractivity (Wildman–Crippen MR) is 122 cm³/mol. The molecule has 0 saturated carbocycles. The number of hydrogen-bond donors (Lipinski definition) is 2. The first-order chi connectivity index (χ1) is 16.0. The number of carbonyl (C=O) groups is 1. The van der Waals surface area contributed by atoms with Gasteiger partial charge in [-0.15, -0.1) is 0 Å². The van der Waals surface area contributed by atoms with Gasteiger partial charge in [-0.2, -0.15) is 0 Å². The summed E-state index contributed by atoms with van der Waals surface area (Å²) in [5.74, 6) is 1.27. The zero-order valence-electron chi connectivity index (χ0n) is 18.6. The van der Waals surface area contributed by atoms with Crippen LogP contribution in [0.5, 0.6) is 0 Å². The van der Waals surface area contributed by atoms with Gasteiger partial charge >= 0.3 is 0 Å². The van der Waals surface area contributed by atoms with Crippen LogP contribution < -0.4 is 10.6 Å². The van der Waals surface area contributed by atoms with Crippen molar-refractivity contribution in [2.45, 2.75) is 44.5 Å². The Labute approximate surface area is 191 Å². The predicted octanol–water partition coefficient (Wildman–Crippen LogP) is 2.32. The van der Waals surface area contributed by atoms with E-state index >= 15 is 0 Å². The lowest BCUT2D eigenvalue weighted by molar-refractivity contribution is -0.134. The van der Waals surface area contributed by atoms with Crippen LogP contribution in [0.1, 0.15) is 18.7 Å². The van der Waals surface area contributed by atoms with E-state index in [-0.39, 0.29) is 29.9 Å². The molecule has 2 saturated heterocycles. The van der Waals surface area contributed by atoms with Crippen molar-refractivity contribution in [2.24, 2.45) is 0 Å². The average Bonchev–Trinajstić information content (AvgIpc) is 3.29. The van der Waals surface area contributed by atoms with Crippen molar-refractivity contribution < 1.29 is 13.9 Å². The first-order valence-electron chi connectivity index (χ1n) is 11.6. The number of carbonyl (C=O) groups excluding carboxylic acids is 1. The van der Waals surface area contributed by atoms with Crippen molar-refractivity contribution in [1.29, 1.82) is 0 Å². The number of aromatic nitrogens is 3. The lowest BCUT2D eigenvalue weighted by Gasteiger charge is -2.27. The normalized spacial score (nSPS) is 25.3. The van der Waals surface area contributed by atoms with Crippen LogP contribution in [-0.4, -0.2) is 69.8 Å². The molecule has 0 radical (unpaired) electrons. The van der Waals surface area contributed by atoms with Crippen molar-refractivity contribution in [2.75, 3.05) is 31.6 Å². The van der Waals surface area contributed by atoms with Crippen molar-refractivity contribution >= 4 is 22.8 Å². The van der Waals surface area contributed by atoms with Gasteiger partial charge in [-0.3, -0.25) is 4.79 Å². The fourth-order valence-corrected chi connectivity index (χ4v) is 5.31. The Morgan fingerprint density at radius 1 is 1.21 bits per heavy atom. The molecule has 2 fully saturated rings. The number of pyridine rings is 1. The van der Waals surface area contributed by atoms with Gasteiger partial charge in [-0.25, -0.2) is 14.4 Å². The van der Waals surface area contributed by atoms with E-state index in [1.54, 1.807) is 0 Å². The Balaban J connectivity index is 1.52. The van der Waals surface area contributed by atoms with Crippen molar-refractivity contribution in [3.8, 4) is 11.3 Å². The average molecular weight is 451 g/mol. The van der Waals surface area contributed by atoms with E-state index in [1.807, 2.05) is 30.0 Å². The Kier molecular flexibility index (Phi) is 5.03. The number of rotatable bonds is 0. The molecular weight excluding hydrogens is 423 g/mol. The highest BCUT2D eigenvalue weighted by Gasteiger charge is 2.34. The number of amides is 1. The summed E-state index contributed by atoms with van der Waals surface area (Å²) in [6.07, 6.45) is 1.33. The second-order valence-corrected chi connectivity index (χ2v) is 9.17. The summed E-state index contributed by atoms with van der Waals surface area (Å²) in [4.78, 5) is 24.7. The van der Waals surface area contributed by atoms with Gasteiger partial charge in [-0.05, 0) is 38.0 Å². The minimum atomic E-state index is -0.342. The van der Waals surface area contributed by atoms with E-state index in [2.05, 4.69) is 20.2 Å². The lowest BCUT2D eigenvalue weighted by atomic mass is 10.1. The zero-order valence-corrected chi connectivity index (χ0v) is 18.6. The van der Waals surface area contributed by atoms with Gasteiger partial charge in [0.1, 0.15) is 17.5 Å². The van der Waals surface area contributed by atoms with E-state index in [9.17, 15) is 9.18 Å². The Hall–Kier alpha value is -3.04. The zero-order chi connectivity index (χ0) is 22.5. The molecule has 1 amide bonds. The number of anilines is 1. The highest BCUT2D eigenvalue weighted by molar-refractivity contribution is 5.92. The molecule has 3 aromatic rings. The molecule has 5 heterocycles. The van der Waals surface area contributed by atoms with Crippen LogP contribution >= 0.6 is 0 Å². The molecule has 2 aromatic heterocycles. The Morgan fingerprint density at radius 3 is 3.03 bits per heavy atom. The number of halogens is 1. The number of aryl methyl sites for hydroxylation is 1. The van der Waals surface area contributed by atoms with Crippen LogP contribution in [-0.2, 0) is 16.1 Å². The van der Waals surface area contributed by atoms with Crippen LogP contribution in [0, 0.1) is 12.7 Å². The van der Waals surface area contributed by atoms with Gasteiger partial charge in [0.2, 0.25) is 5.91 Å². The molecule has 3 aliphatic heterocycles. The number of nitrogens with one attached hydrogen (secondary N) is 2. The summed E-state index contributed by atoms with van der Waals surface area (Å²) in [6, 6.07) is 8.59. The highest BCUT2D eigenvalue weighted by Crippen LogP contribution is 2.31. The summed E-state index contributed by atoms with van der Waals surface area (Å²) >= 11 is 0. The molecule has 6 bridgehead atoms. The maximum atomic E-state index is 14.6. The smallest absolute Gasteiger partial charge is 0.239 e. The third kappa shape index (κ3) is 3.75. The molecule has 0 aliphatic carbocycles. The molecule has 8 nitrogen and oxygen atoms in total. The fourth-order valence-electron chi connectivity index (χ4n) is 5.31. The first kappa shape index (κ1) is 20.6. The largest absolute Gasteiger partial charge is 0.374 e. The molecule has 0 spiro atoms. The molecule has 1 unspecified atom stereocenters. The monoisotopic (exact) mass is 450 g/mol. The molecule has 1 aromatic carbocycles. The minimum Gasteiger partial charge on any atom is -0.374 e. The van der Waals surface area contributed by atoms with E-state index in [0.717, 1.165) is 17.8 Å². The van der Waals surface area contributed by atoms with Gasteiger partial charge in [-0.1, -0.05) is 6.07 Å². The van der Waals surface area contributed by atoms with Crippen LogP contribution in [0.3, 0.4) is 0 Å². The summed E-state index contributed by atoms with van der Waals surface area (Å²) < 4.78 is 22.8. The fraction of sp³-hybridized carbons (Fsp3) is 0.458. The minimum absolute atomic E-state index is 0.0890. The van der Waals surface area contributed by atoms with Crippen molar-refractivity contribution in [3.05, 3.63) is 42.0 Å². The summed E-state index contributed by atoms with van der Waals surface area (Å²) in [5.41, 5.74) is 2.81. The highest BCUT2D eigenvalue weighted by atomic mass is 19.1. The molecule has 33 heavy (non-hydrogen) atoms. The van der Waals surface area contributed by atoms with E-state index < -0.39 is 0 Å². The summed E-state index contributed by atoms with van der Waals surface area (Å²) in [5, 5.41) is 6.84. The number of benzene rings is 1. The maximum absolute atomic E-state index is 14.6. The van der Waals surface area contributed by atoms with E-state index in [4.69, 9.17) is 9.72 Å². The van der Waals surface area contributed by atoms with Crippen molar-refractivity contribution in [3.63, 3.8) is 0 Å². The number of ether oxygens (including phenoxy) is 1. The number of fused-ring (bicyclic) bond motifs is 7. The van der Waals surface area contributed by atoms with E-state index in [0.29, 0.717) is 61.8 Å². The van der Waals surface area contributed by atoms with Gasteiger partial charge in [0.25, 0.3) is 0 Å². The Bertz CT molecular complexity index is 1230. The SMILES string of the molecule is Cc1nc2cc(F)cc3c2n1C[C@@H]1CN(CCCO1)C(=O)[C@@H]1CC(CN1)Nc1cccc-3n1. The maximum Gasteiger partial charge on any atom is 0.239 e. The molecule has 6 rings (SSSR count). The summed E-state index contributed by atoms with van der Waals surface area (Å²) in [7, 11) is 0. The quantitative estimate of drug-likeness (QED) is 0.547. The van der Waals surface area contributed by atoms with Gasteiger partial charge in [0, 0.05) is 43.9 Å². The van der Waals surface area contributed by atoms with Crippen LogP contribution in [0.2, 0.25) is 0 Å². The number of hydrogen-bond acceptors (Lipinski definition) is 6. The van der Waals surface area contributed by atoms with Gasteiger partial charge < -0.3 is 24.8 Å². The second kappa shape index (κ2) is 8.07. The summed E-state index contributed by atoms with van der Waals surface area (Å²) in [6.45, 7) is 4.96.